The second-order valence-corrected chi connectivity index (χ2v) is 6.56. The van der Waals surface area contributed by atoms with E-state index in [1.165, 1.54) is 5.56 Å². The molecular formula is C21H26N2O3. The van der Waals surface area contributed by atoms with Gasteiger partial charge in [0.2, 0.25) is 0 Å². The van der Waals surface area contributed by atoms with Crippen LogP contribution in [0.3, 0.4) is 0 Å². The normalized spacial score (nSPS) is 16.8. The number of nitrogens with zero attached hydrogens (tertiary/aromatic N) is 1. The number of carbonyl (C=O) groups is 1. The maximum absolute atomic E-state index is 12.9. The number of likely N-dealkylation sites (tertiary alicyclic amines) is 1. The Kier molecular flexibility index (Phi) is 6.00. The molecule has 1 atom stereocenters. The van der Waals surface area contributed by atoms with Crippen LogP contribution in [0.4, 0.5) is 10.5 Å². The molecule has 2 aromatic carbocycles. The highest BCUT2D eigenvalue weighted by atomic mass is 16.5. The summed E-state index contributed by atoms with van der Waals surface area (Å²) >= 11 is 0. The van der Waals surface area contributed by atoms with E-state index in [2.05, 4.69) is 17.4 Å². The first kappa shape index (κ1) is 18.1. The van der Waals surface area contributed by atoms with Crippen LogP contribution in [0.25, 0.3) is 0 Å². The van der Waals surface area contributed by atoms with E-state index in [0.717, 1.165) is 32.2 Å². The van der Waals surface area contributed by atoms with E-state index < -0.39 is 0 Å². The smallest absolute Gasteiger partial charge is 0.322 e. The minimum absolute atomic E-state index is 0.0686. The van der Waals surface area contributed by atoms with E-state index in [9.17, 15) is 4.79 Å². The van der Waals surface area contributed by atoms with Crippen LogP contribution >= 0.6 is 0 Å². The van der Waals surface area contributed by atoms with Crippen molar-refractivity contribution in [1.29, 1.82) is 0 Å². The summed E-state index contributed by atoms with van der Waals surface area (Å²) in [4.78, 5) is 14.9. The Labute approximate surface area is 154 Å². The Balaban J connectivity index is 1.72. The Hall–Kier alpha value is -2.69. The molecule has 26 heavy (non-hydrogen) atoms. The summed E-state index contributed by atoms with van der Waals surface area (Å²) in [6, 6.07) is 15.9. The fourth-order valence-corrected chi connectivity index (χ4v) is 3.44. The van der Waals surface area contributed by atoms with Crippen molar-refractivity contribution in [3.05, 3.63) is 54.1 Å². The van der Waals surface area contributed by atoms with Crippen LogP contribution in [0.5, 0.6) is 11.5 Å². The number of ether oxygens (including phenoxy) is 2. The Morgan fingerprint density at radius 3 is 2.42 bits per heavy atom. The first-order chi connectivity index (χ1) is 12.7. The highest BCUT2D eigenvalue weighted by Gasteiger charge is 2.27. The van der Waals surface area contributed by atoms with Crippen LogP contribution in [0.1, 0.15) is 24.8 Å². The zero-order valence-corrected chi connectivity index (χ0v) is 15.4. The molecule has 0 aliphatic carbocycles. The standard InChI is InChI=1S/C21H26N2O3/c1-25-19-13-17(14-20(15-19)26-2)22-21(24)23-11-7-6-10-18(23)12-16-8-4-3-5-9-16/h3-5,8-9,13-15,18H,6-7,10-12H2,1-2H3,(H,22,24). The monoisotopic (exact) mass is 354 g/mol. The molecule has 0 spiro atoms. The molecule has 1 N–H and O–H groups in total. The molecule has 1 fully saturated rings. The van der Waals surface area contributed by atoms with E-state index in [0.29, 0.717) is 17.2 Å². The second-order valence-electron chi connectivity index (χ2n) is 6.56. The average Bonchev–Trinajstić information content (AvgIpc) is 2.68. The predicted molar refractivity (Wildman–Crippen MR) is 103 cm³/mol. The molecule has 138 valence electrons. The highest BCUT2D eigenvalue weighted by molar-refractivity contribution is 5.90. The Morgan fingerprint density at radius 2 is 1.77 bits per heavy atom. The molecule has 2 aromatic rings. The lowest BCUT2D eigenvalue weighted by molar-refractivity contribution is 0.162. The fourth-order valence-electron chi connectivity index (χ4n) is 3.44. The number of carbonyl (C=O) groups excluding carboxylic acids is 1. The molecule has 1 heterocycles. The lowest BCUT2D eigenvalue weighted by Crippen LogP contribution is -2.46. The summed E-state index contributed by atoms with van der Waals surface area (Å²) in [5.41, 5.74) is 1.94. The van der Waals surface area contributed by atoms with Gasteiger partial charge in [-0.15, -0.1) is 0 Å². The molecule has 1 unspecified atom stereocenters. The van der Waals surface area contributed by atoms with Gasteiger partial charge in [0.15, 0.2) is 0 Å². The molecule has 5 nitrogen and oxygen atoms in total. The molecule has 0 radical (unpaired) electrons. The molecule has 1 saturated heterocycles. The molecule has 5 heteroatoms. The Morgan fingerprint density at radius 1 is 1.08 bits per heavy atom. The number of piperidine rings is 1. The van der Waals surface area contributed by atoms with Crippen molar-refractivity contribution in [2.75, 3.05) is 26.1 Å². The maximum atomic E-state index is 12.9. The molecular weight excluding hydrogens is 328 g/mol. The SMILES string of the molecule is COc1cc(NC(=O)N2CCCCC2Cc2ccccc2)cc(OC)c1. The summed E-state index contributed by atoms with van der Waals surface area (Å²) in [7, 11) is 3.20. The van der Waals surface area contributed by atoms with Crippen molar-refractivity contribution in [1.82, 2.24) is 4.90 Å². The van der Waals surface area contributed by atoms with Gasteiger partial charge in [-0.05, 0) is 31.2 Å². The van der Waals surface area contributed by atoms with Crippen LogP contribution in [-0.2, 0) is 6.42 Å². The molecule has 1 aliphatic rings. The zero-order chi connectivity index (χ0) is 18.4. The minimum Gasteiger partial charge on any atom is -0.497 e. The van der Waals surface area contributed by atoms with E-state index in [4.69, 9.17) is 9.47 Å². The van der Waals surface area contributed by atoms with Gasteiger partial charge in [0.05, 0.1) is 14.2 Å². The quantitative estimate of drug-likeness (QED) is 0.869. The maximum Gasteiger partial charge on any atom is 0.322 e. The molecule has 1 aliphatic heterocycles. The summed E-state index contributed by atoms with van der Waals surface area (Å²) in [5, 5.41) is 3.00. The number of methoxy groups -OCH3 is 2. The second kappa shape index (κ2) is 8.61. The van der Waals surface area contributed by atoms with Crippen molar-refractivity contribution in [2.45, 2.75) is 31.7 Å². The van der Waals surface area contributed by atoms with Crippen molar-refractivity contribution >= 4 is 11.7 Å². The van der Waals surface area contributed by atoms with Gasteiger partial charge in [0.1, 0.15) is 11.5 Å². The van der Waals surface area contributed by atoms with Gasteiger partial charge in [0.25, 0.3) is 0 Å². The summed E-state index contributed by atoms with van der Waals surface area (Å²) < 4.78 is 10.6. The summed E-state index contributed by atoms with van der Waals surface area (Å²) in [6.07, 6.45) is 4.12. The van der Waals surface area contributed by atoms with Crippen molar-refractivity contribution < 1.29 is 14.3 Å². The minimum atomic E-state index is -0.0686. The molecule has 0 aromatic heterocycles. The van der Waals surface area contributed by atoms with Gasteiger partial charge in [-0.25, -0.2) is 4.79 Å². The molecule has 3 rings (SSSR count). The summed E-state index contributed by atoms with van der Waals surface area (Å²) in [5.74, 6) is 1.30. The van der Waals surface area contributed by atoms with Crippen LogP contribution in [0, 0.1) is 0 Å². The number of amides is 2. The summed E-state index contributed by atoms with van der Waals surface area (Å²) in [6.45, 7) is 0.782. The lowest BCUT2D eigenvalue weighted by Gasteiger charge is -2.36. The van der Waals surface area contributed by atoms with Gasteiger partial charge in [-0.3, -0.25) is 0 Å². The number of hydrogen-bond acceptors (Lipinski definition) is 3. The first-order valence-corrected chi connectivity index (χ1v) is 9.04. The Bertz CT molecular complexity index is 711. The van der Waals surface area contributed by atoms with E-state index in [1.54, 1.807) is 32.4 Å². The van der Waals surface area contributed by atoms with E-state index >= 15 is 0 Å². The highest BCUT2D eigenvalue weighted by Crippen LogP contribution is 2.27. The third kappa shape index (κ3) is 4.48. The number of nitrogens with one attached hydrogen (secondary N) is 1. The van der Waals surface area contributed by atoms with Crippen molar-refractivity contribution in [2.24, 2.45) is 0 Å². The largest absolute Gasteiger partial charge is 0.497 e. The number of benzene rings is 2. The lowest BCUT2D eigenvalue weighted by atomic mass is 9.96. The third-order valence-corrected chi connectivity index (χ3v) is 4.80. The van der Waals surface area contributed by atoms with Crippen LogP contribution in [0.15, 0.2) is 48.5 Å². The molecule has 0 saturated carbocycles. The van der Waals surface area contributed by atoms with E-state index in [-0.39, 0.29) is 12.1 Å². The van der Waals surface area contributed by atoms with Crippen LogP contribution in [0.2, 0.25) is 0 Å². The number of urea groups is 1. The van der Waals surface area contributed by atoms with Gasteiger partial charge < -0.3 is 19.7 Å². The number of anilines is 1. The first-order valence-electron chi connectivity index (χ1n) is 9.04. The van der Waals surface area contributed by atoms with E-state index in [1.807, 2.05) is 23.1 Å². The van der Waals surface area contributed by atoms with Crippen molar-refractivity contribution in [3.8, 4) is 11.5 Å². The third-order valence-electron chi connectivity index (χ3n) is 4.80. The van der Waals surface area contributed by atoms with Crippen molar-refractivity contribution in [3.63, 3.8) is 0 Å². The number of hydrogen-bond donors (Lipinski definition) is 1. The van der Waals surface area contributed by atoms with Crippen LogP contribution in [-0.4, -0.2) is 37.7 Å². The van der Waals surface area contributed by atoms with Gasteiger partial charge in [-0.1, -0.05) is 30.3 Å². The molecule has 2 amide bonds. The predicted octanol–water partition coefficient (Wildman–Crippen LogP) is 4.33. The van der Waals surface area contributed by atoms with Crippen LogP contribution < -0.4 is 14.8 Å². The molecule has 0 bridgehead atoms. The van der Waals surface area contributed by atoms with Gasteiger partial charge in [-0.2, -0.15) is 0 Å². The van der Waals surface area contributed by atoms with Gasteiger partial charge in [0, 0.05) is 36.5 Å². The fraction of sp³-hybridized carbons (Fsp3) is 0.381. The topological polar surface area (TPSA) is 50.8 Å². The zero-order valence-electron chi connectivity index (χ0n) is 15.4. The average molecular weight is 354 g/mol. The van der Waals surface area contributed by atoms with Gasteiger partial charge >= 0.3 is 6.03 Å². The number of rotatable bonds is 5.